The van der Waals surface area contributed by atoms with Gasteiger partial charge in [0.25, 0.3) is 8.53 Å². The molecule has 1 unspecified atom stereocenters. The van der Waals surface area contributed by atoms with Crippen molar-refractivity contribution in [3.63, 3.8) is 0 Å². The molecular weight excluding hydrogens is 153 g/mol. The summed E-state index contributed by atoms with van der Waals surface area (Å²) in [5.41, 5.74) is 4.88. The van der Waals surface area contributed by atoms with Gasteiger partial charge in [-0.1, -0.05) is 19.8 Å². The average Bonchev–Trinajstić information content (AvgIpc) is 1.87. The van der Waals surface area contributed by atoms with Crippen molar-refractivity contribution in [3.8, 4) is 0 Å². The summed E-state index contributed by atoms with van der Waals surface area (Å²) in [5, 5.41) is 0. The van der Waals surface area contributed by atoms with Crippen molar-refractivity contribution in [2.75, 3.05) is 6.61 Å². The van der Waals surface area contributed by atoms with E-state index < -0.39 is 8.53 Å². The van der Waals surface area contributed by atoms with Crippen molar-refractivity contribution in [1.29, 1.82) is 0 Å². The molecule has 0 aliphatic carbocycles. The fourth-order valence-electron chi connectivity index (χ4n) is 0.502. The van der Waals surface area contributed by atoms with E-state index in [1.807, 2.05) is 0 Å². The third-order valence-electron chi connectivity index (χ3n) is 0.960. The van der Waals surface area contributed by atoms with Gasteiger partial charge in [0.1, 0.15) is 0 Å². The molecule has 10 heavy (non-hydrogen) atoms. The smallest absolute Gasteiger partial charge is 0.283 e. The lowest BCUT2D eigenvalue weighted by Crippen LogP contribution is -1.96. The van der Waals surface area contributed by atoms with Gasteiger partial charge in [0.05, 0.1) is 6.61 Å². The van der Waals surface area contributed by atoms with Crippen LogP contribution in [0.5, 0.6) is 0 Å². The van der Waals surface area contributed by atoms with Crippen LogP contribution in [0, 0.1) is 0 Å². The molecule has 0 heterocycles. The molecular formula is C5H14NO3P. The summed E-state index contributed by atoms with van der Waals surface area (Å²) in [6.07, 6.45) is 3.19. The number of unbranched alkanes of at least 4 members (excludes halogenated alkanes) is 2. The molecule has 0 aromatic rings. The SMILES string of the molecule is CCCCCOOP(N)O. The highest BCUT2D eigenvalue weighted by atomic mass is 31.2. The van der Waals surface area contributed by atoms with E-state index in [-0.39, 0.29) is 0 Å². The molecule has 0 aromatic carbocycles. The van der Waals surface area contributed by atoms with Crippen LogP contribution in [0.4, 0.5) is 0 Å². The maximum atomic E-state index is 8.40. The van der Waals surface area contributed by atoms with E-state index in [4.69, 9.17) is 10.4 Å². The molecule has 0 amide bonds. The normalized spacial score (nSPS) is 13.5. The van der Waals surface area contributed by atoms with Gasteiger partial charge >= 0.3 is 0 Å². The van der Waals surface area contributed by atoms with Crippen LogP contribution in [0.2, 0.25) is 0 Å². The van der Waals surface area contributed by atoms with Crippen LogP contribution in [0.1, 0.15) is 26.2 Å². The van der Waals surface area contributed by atoms with Crippen LogP contribution in [0.3, 0.4) is 0 Å². The fraction of sp³-hybridized carbons (Fsp3) is 1.00. The van der Waals surface area contributed by atoms with Gasteiger partial charge in [-0.25, -0.2) is 4.89 Å². The van der Waals surface area contributed by atoms with Gasteiger partial charge in [0, 0.05) is 0 Å². The molecule has 0 spiro atoms. The zero-order valence-electron chi connectivity index (χ0n) is 6.12. The molecule has 0 aromatic heterocycles. The van der Waals surface area contributed by atoms with Crippen LogP contribution >= 0.6 is 8.53 Å². The quantitative estimate of drug-likeness (QED) is 0.271. The second kappa shape index (κ2) is 7.38. The van der Waals surface area contributed by atoms with Gasteiger partial charge in [0.2, 0.25) is 0 Å². The fourth-order valence-corrected chi connectivity index (χ4v) is 0.685. The third-order valence-corrected chi connectivity index (χ3v) is 1.22. The Morgan fingerprint density at radius 3 is 2.70 bits per heavy atom. The molecule has 3 N–H and O–H groups in total. The summed E-state index contributed by atoms with van der Waals surface area (Å²) in [7, 11) is -1.84. The summed E-state index contributed by atoms with van der Waals surface area (Å²) in [4.78, 5) is 13.0. The van der Waals surface area contributed by atoms with E-state index in [1.54, 1.807) is 0 Å². The van der Waals surface area contributed by atoms with Gasteiger partial charge < -0.3 is 4.89 Å². The molecule has 1 atom stereocenters. The highest BCUT2D eigenvalue weighted by Crippen LogP contribution is 2.19. The summed E-state index contributed by atoms with van der Waals surface area (Å²) in [6, 6.07) is 0. The molecule has 0 saturated heterocycles. The van der Waals surface area contributed by atoms with Crippen LogP contribution in [0.25, 0.3) is 0 Å². The Morgan fingerprint density at radius 1 is 1.50 bits per heavy atom. The highest BCUT2D eigenvalue weighted by molar-refractivity contribution is 7.43. The number of hydrogen-bond acceptors (Lipinski definition) is 4. The van der Waals surface area contributed by atoms with Crippen LogP contribution < -0.4 is 5.50 Å². The predicted octanol–water partition coefficient (Wildman–Crippen LogP) is 1.30. The first-order chi connectivity index (χ1) is 4.77. The zero-order valence-corrected chi connectivity index (χ0v) is 7.01. The third kappa shape index (κ3) is 8.27. The summed E-state index contributed by atoms with van der Waals surface area (Å²) < 4.78 is 4.29. The Morgan fingerprint density at radius 2 is 2.20 bits per heavy atom. The first kappa shape index (κ1) is 10.3. The molecule has 0 rings (SSSR count). The van der Waals surface area contributed by atoms with Gasteiger partial charge in [-0.15, -0.1) is 0 Å². The highest BCUT2D eigenvalue weighted by Gasteiger charge is 1.95. The topological polar surface area (TPSA) is 64.7 Å². The Labute approximate surface area is 62.2 Å². The summed E-state index contributed by atoms with van der Waals surface area (Å²) in [5.74, 6) is 0. The largest absolute Gasteiger partial charge is 0.336 e. The minimum absolute atomic E-state index is 0.504. The molecule has 4 nitrogen and oxygen atoms in total. The molecule has 0 fully saturated rings. The second-order valence-corrected chi connectivity index (χ2v) is 2.66. The first-order valence-corrected chi connectivity index (χ1v) is 4.58. The standard InChI is InChI=1S/C5H14NO3P/c1-2-3-4-5-8-9-10(6)7/h7H,2-6H2,1H3. The zero-order chi connectivity index (χ0) is 7.82. The number of nitrogens with two attached hydrogens (primary N) is 1. The molecule has 0 saturated carbocycles. The minimum atomic E-state index is -1.84. The van der Waals surface area contributed by atoms with Crippen molar-refractivity contribution < 1.29 is 14.5 Å². The predicted molar refractivity (Wildman–Crippen MR) is 39.9 cm³/mol. The Bertz CT molecular complexity index is 71.9. The first-order valence-electron chi connectivity index (χ1n) is 3.30. The van der Waals surface area contributed by atoms with E-state index in [1.165, 1.54) is 0 Å². The van der Waals surface area contributed by atoms with Gasteiger partial charge in [-0.05, 0) is 6.42 Å². The van der Waals surface area contributed by atoms with Crippen LogP contribution in [-0.2, 0) is 9.56 Å². The Kier molecular flexibility index (Phi) is 7.58. The lowest BCUT2D eigenvalue weighted by Gasteiger charge is -2.02. The van der Waals surface area contributed by atoms with Gasteiger partial charge in [0.15, 0.2) is 0 Å². The maximum Gasteiger partial charge on any atom is 0.283 e. The van der Waals surface area contributed by atoms with E-state index in [0.29, 0.717) is 6.61 Å². The van der Waals surface area contributed by atoms with Gasteiger partial charge in [-0.3, -0.25) is 5.50 Å². The van der Waals surface area contributed by atoms with E-state index in [9.17, 15) is 0 Å². The summed E-state index contributed by atoms with van der Waals surface area (Å²) in [6.45, 7) is 2.60. The van der Waals surface area contributed by atoms with E-state index in [2.05, 4.69) is 16.5 Å². The van der Waals surface area contributed by atoms with Gasteiger partial charge in [-0.2, -0.15) is 4.67 Å². The van der Waals surface area contributed by atoms with E-state index in [0.717, 1.165) is 19.3 Å². The Balaban J connectivity index is 2.77. The lowest BCUT2D eigenvalue weighted by molar-refractivity contribution is -0.206. The van der Waals surface area contributed by atoms with Crippen molar-refractivity contribution in [3.05, 3.63) is 0 Å². The monoisotopic (exact) mass is 167 g/mol. The maximum absolute atomic E-state index is 8.40. The molecule has 62 valence electrons. The molecule has 0 aliphatic heterocycles. The van der Waals surface area contributed by atoms with Crippen molar-refractivity contribution >= 4 is 8.53 Å². The molecule has 0 aliphatic rings. The Hall–Kier alpha value is 0.270. The summed E-state index contributed by atoms with van der Waals surface area (Å²) >= 11 is 0. The number of hydrogen-bond donors (Lipinski definition) is 2. The van der Waals surface area contributed by atoms with Crippen molar-refractivity contribution in [2.24, 2.45) is 5.50 Å². The number of rotatable bonds is 6. The van der Waals surface area contributed by atoms with Crippen molar-refractivity contribution in [2.45, 2.75) is 26.2 Å². The average molecular weight is 167 g/mol. The molecule has 0 radical (unpaired) electrons. The van der Waals surface area contributed by atoms with Crippen molar-refractivity contribution in [1.82, 2.24) is 0 Å². The minimum Gasteiger partial charge on any atom is -0.336 e. The molecule has 5 heteroatoms. The lowest BCUT2D eigenvalue weighted by atomic mass is 10.3. The second-order valence-electron chi connectivity index (χ2n) is 1.91. The molecule has 0 bridgehead atoms. The van der Waals surface area contributed by atoms with E-state index >= 15 is 0 Å². The van der Waals surface area contributed by atoms with Crippen LogP contribution in [-0.4, -0.2) is 11.5 Å². The van der Waals surface area contributed by atoms with Crippen LogP contribution in [0.15, 0.2) is 0 Å².